The monoisotopic (exact) mass is 407 g/mol. The second kappa shape index (κ2) is 8.42. The van der Waals surface area contributed by atoms with Gasteiger partial charge in [-0.3, -0.25) is 4.79 Å². The van der Waals surface area contributed by atoms with E-state index in [1.165, 1.54) is 12.1 Å². The van der Waals surface area contributed by atoms with Crippen molar-refractivity contribution in [3.8, 4) is 5.75 Å². The van der Waals surface area contributed by atoms with Crippen molar-refractivity contribution in [3.63, 3.8) is 0 Å². The lowest BCUT2D eigenvalue weighted by atomic mass is 10.2. The van der Waals surface area contributed by atoms with E-state index in [0.717, 1.165) is 12.1 Å². The Morgan fingerprint density at radius 2 is 1.79 bits per heavy atom. The second-order valence-corrected chi connectivity index (χ2v) is 6.51. The predicted molar refractivity (Wildman–Crippen MR) is 102 cm³/mol. The molecule has 1 fully saturated rings. The largest absolute Gasteiger partial charge is 0.494 e. The smallest absolute Gasteiger partial charge is 0.416 e. The molecule has 1 heterocycles. The predicted octanol–water partition coefficient (Wildman–Crippen LogP) is 4.03. The number of carbonyl (C=O) groups excluding carboxylic acids is 2. The lowest BCUT2D eigenvalue weighted by Crippen LogP contribution is -2.39. The number of hydrogen-bond acceptors (Lipinski definition) is 3. The molecule has 0 saturated carbocycles. The van der Waals surface area contributed by atoms with Gasteiger partial charge in [0.05, 0.1) is 18.2 Å². The maximum Gasteiger partial charge on any atom is 0.416 e. The number of carbonyl (C=O) groups is 2. The number of urea groups is 1. The third kappa shape index (κ3) is 5.18. The van der Waals surface area contributed by atoms with Crippen LogP contribution in [0.1, 0.15) is 18.9 Å². The first-order valence-corrected chi connectivity index (χ1v) is 9.04. The fraction of sp³-hybridized carbons (Fsp3) is 0.300. The van der Waals surface area contributed by atoms with Gasteiger partial charge in [0.25, 0.3) is 0 Å². The summed E-state index contributed by atoms with van der Waals surface area (Å²) in [6.07, 6.45) is -4.30. The number of benzene rings is 2. The van der Waals surface area contributed by atoms with E-state index < -0.39 is 23.8 Å². The zero-order valence-corrected chi connectivity index (χ0v) is 15.6. The third-order valence-corrected chi connectivity index (χ3v) is 4.39. The quantitative estimate of drug-likeness (QED) is 0.786. The van der Waals surface area contributed by atoms with Crippen molar-refractivity contribution in [1.29, 1.82) is 0 Å². The fourth-order valence-corrected chi connectivity index (χ4v) is 3.04. The van der Waals surface area contributed by atoms with E-state index in [1.54, 1.807) is 29.2 Å². The Balaban J connectivity index is 1.55. The number of hydrogen-bond donors (Lipinski definition) is 2. The number of nitrogens with one attached hydrogen (secondary N) is 2. The van der Waals surface area contributed by atoms with Crippen molar-refractivity contribution in [3.05, 3.63) is 54.1 Å². The molecule has 29 heavy (non-hydrogen) atoms. The van der Waals surface area contributed by atoms with E-state index in [9.17, 15) is 22.8 Å². The summed E-state index contributed by atoms with van der Waals surface area (Å²) in [7, 11) is 0. The van der Waals surface area contributed by atoms with Gasteiger partial charge in [-0.2, -0.15) is 13.2 Å². The molecule has 2 aromatic rings. The molecule has 0 aliphatic carbocycles. The Morgan fingerprint density at radius 3 is 2.38 bits per heavy atom. The molecule has 0 bridgehead atoms. The van der Waals surface area contributed by atoms with E-state index >= 15 is 0 Å². The minimum Gasteiger partial charge on any atom is -0.494 e. The summed E-state index contributed by atoms with van der Waals surface area (Å²) in [5.41, 5.74) is 0.130. The molecule has 9 heteroatoms. The first-order chi connectivity index (χ1) is 13.8. The maximum atomic E-state index is 12.6. The average Bonchev–Trinajstić information content (AvgIpc) is 3.02. The molecule has 6 nitrogen and oxygen atoms in total. The summed E-state index contributed by atoms with van der Waals surface area (Å²) < 4.78 is 43.1. The Labute approximate surface area is 165 Å². The molecule has 0 radical (unpaired) electrons. The normalized spacial score (nSPS) is 16.6. The van der Waals surface area contributed by atoms with Crippen molar-refractivity contribution in [2.24, 2.45) is 0 Å². The van der Waals surface area contributed by atoms with Crippen molar-refractivity contribution in [2.75, 3.05) is 23.4 Å². The van der Waals surface area contributed by atoms with Gasteiger partial charge < -0.3 is 20.3 Å². The van der Waals surface area contributed by atoms with Gasteiger partial charge in [0, 0.05) is 24.3 Å². The number of nitrogens with zero attached hydrogens (tertiary/aromatic N) is 1. The standard InChI is InChI=1S/C20H20F3N3O3/c1-2-29-17-9-7-16(8-10-17)26-12-15(11-18(26)27)25-19(28)24-14-5-3-13(4-6-14)20(21,22)23/h3-10,15H,2,11-12H2,1H3,(H2,24,25,28)/t15-/m1/s1. The van der Waals surface area contributed by atoms with Gasteiger partial charge in [-0.15, -0.1) is 0 Å². The topological polar surface area (TPSA) is 70.7 Å². The number of ether oxygens (including phenoxy) is 1. The van der Waals surface area contributed by atoms with E-state index in [0.29, 0.717) is 24.6 Å². The summed E-state index contributed by atoms with van der Waals surface area (Å²) in [5, 5.41) is 5.15. The Bertz CT molecular complexity index is 867. The third-order valence-electron chi connectivity index (χ3n) is 4.39. The van der Waals surface area contributed by atoms with Crippen LogP contribution in [0.25, 0.3) is 0 Å². The molecule has 3 amide bonds. The highest BCUT2D eigenvalue weighted by molar-refractivity contribution is 5.97. The summed E-state index contributed by atoms with van der Waals surface area (Å²) in [6.45, 7) is 2.72. The molecule has 1 saturated heterocycles. The molecule has 1 aliphatic rings. The first kappa shape index (κ1) is 20.5. The maximum absolute atomic E-state index is 12.6. The molecule has 1 atom stereocenters. The van der Waals surface area contributed by atoms with Crippen LogP contribution in [0.2, 0.25) is 0 Å². The highest BCUT2D eigenvalue weighted by atomic mass is 19.4. The number of halogens is 3. The SMILES string of the molecule is CCOc1ccc(N2C[C@H](NC(=O)Nc3ccc(C(F)(F)F)cc3)CC2=O)cc1. The van der Waals surface area contributed by atoms with E-state index in [-0.39, 0.29) is 18.0 Å². The van der Waals surface area contributed by atoms with Crippen molar-refractivity contribution >= 4 is 23.3 Å². The highest BCUT2D eigenvalue weighted by Gasteiger charge is 2.32. The second-order valence-electron chi connectivity index (χ2n) is 6.51. The molecule has 0 aromatic heterocycles. The van der Waals surface area contributed by atoms with Gasteiger partial charge in [-0.25, -0.2) is 4.79 Å². The molecule has 0 unspecified atom stereocenters. The zero-order valence-electron chi connectivity index (χ0n) is 15.6. The van der Waals surface area contributed by atoms with Crippen molar-refractivity contribution in [2.45, 2.75) is 25.6 Å². The fourth-order valence-electron chi connectivity index (χ4n) is 3.04. The highest BCUT2D eigenvalue weighted by Crippen LogP contribution is 2.30. The van der Waals surface area contributed by atoms with Crippen LogP contribution in [0.5, 0.6) is 5.75 Å². The number of anilines is 2. The Kier molecular flexibility index (Phi) is 5.95. The van der Waals surface area contributed by atoms with Crippen LogP contribution in [0.15, 0.2) is 48.5 Å². The lowest BCUT2D eigenvalue weighted by Gasteiger charge is -2.18. The summed E-state index contributed by atoms with van der Waals surface area (Å²) in [6, 6.07) is 10.2. The molecule has 3 rings (SSSR count). The lowest BCUT2D eigenvalue weighted by molar-refractivity contribution is -0.137. The van der Waals surface area contributed by atoms with Crippen molar-refractivity contribution < 1.29 is 27.5 Å². The Hall–Kier alpha value is -3.23. The summed E-state index contributed by atoms with van der Waals surface area (Å²) in [5.74, 6) is 0.572. The minimum absolute atomic E-state index is 0.131. The van der Waals surface area contributed by atoms with Crippen LogP contribution in [-0.2, 0) is 11.0 Å². The molecule has 1 aliphatic heterocycles. The summed E-state index contributed by atoms with van der Waals surface area (Å²) in [4.78, 5) is 26.0. The van der Waals surface area contributed by atoms with Gasteiger partial charge in [0.1, 0.15) is 5.75 Å². The first-order valence-electron chi connectivity index (χ1n) is 9.04. The van der Waals surface area contributed by atoms with Crippen LogP contribution < -0.4 is 20.3 Å². The van der Waals surface area contributed by atoms with E-state index in [2.05, 4.69) is 10.6 Å². The number of alkyl halides is 3. The summed E-state index contributed by atoms with van der Waals surface area (Å²) >= 11 is 0. The van der Waals surface area contributed by atoms with Crippen LogP contribution in [0, 0.1) is 0 Å². The Morgan fingerprint density at radius 1 is 1.14 bits per heavy atom. The molecular weight excluding hydrogens is 387 g/mol. The van der Waals surface area contributed by atoms with Gasteiger partial charge in [0.15, 0.2) is 0 Å². The van der Waals surface area contributed by atoms with Gasteiger partial charge >= 0.3 is 12.2 Å². The molecule has 154 valence electrons. The van der Waals surface area contributed by atoms with Crippen LogP contribution in [0.3, 0.4) is 0 Å². The molecule has 0 spiro atoms. The van der Waals surface area contributed by atoms with Crippen LogP contribution in [0.4, 0.5) is 29.3 Å². The van der Waals surface area contributed by atoms with Crippen molar-refractivity contribution in [1.82, 2.24) is 5.32 Å². The van der Waals surface area contributed by atoms with Crippen LogP contribution >= 0.6 is 0 Å². The van der Waals surface area contributed by atoms with Gasteiger partial charge in [-0.05, 0) is 55.5 Å². The van der Waals surface area contributed by atoms with Gasteiger partial charge in [-0.1, -0.05) is 0 Å². The minimum atomic E-state index is -4.44. The average molecular weight is 407 g/mol. The molecule has 2 N–H and O–H groups in total. The zero-order chi connectivity index (χ0) is 21.0. The number of rotatable bonds is 5. The molecule has 2 aromatic carbocycles. The number of amides is 3. The van der Waals surface area contributed by atoms with Gasteiger partial charge in [0.2, 0.25) is 5.91 Å². The van der Waals surface area contributed by atoms with E-state index in [1.807, 2.05) is 6.92 Å². The molecular formula is C20H20F3N3O3. The van der Waals surface area contributed by atoms with E-state index in [4.69, 9.17) is 4.74 Å². The van der Waals surface area contributed by atoms with Crippen LogP contribution in [-0.4, -0.2) is 31.1 Å².